The van der Waals surface area contributed by atoms with Crippen LogP contribution in [-0.4, -0.2) is 51.5 Å². The van der Waals surface area contributed by atoms with Crippen molar-refractivity contribution in [3.05, 3.63) is 0 Å². The lowest BCUT2D eigenvalue weighted by atomic mass is 9.54. The number of aliphatic imine (C=N–C) groups is 1. The molecule has 4 fully saturated rings. The van der Waals surface area contributed by atoms with Gasteiger partial charge >= 0.3 is 0 Å². The van der Waals surface area contributed by atoms with Crippen LogP contribution in [0.5, 0.6) is 0 Å². The van der Waals surface area contributed by atoms with Crippen LogP contribution in [0.4, 0.5) is 0 Å². The molecule has 3 atom stereocenters. The van der Waals surface area contributed by atoms with Gasteiger partial charge in [0.1, 0.15) is 0 Å². The summed E-state index contributed by atoms with van der Waals surface area (Å²) >= 11 is 0. The molecule has 0 bridgehead atoms. The van der Waals surface area contributed by atoms with Crippen molar-refractivity contribution in [3.63, 3.8) is 0 Å². The molecule has 3 saturated carbocycles. The van der Waals surface area contributed by atoms with E-state index in [2.05, 4.69) is 15.6 Å². The second-order valence-corrected chi connectivity index (χ2v) is 8.18. The van der Waals surface area contributed by atoms with Crippen molar-refractivity contribution in [1.29, 1.82) is 0 Å². The number of guanidine groups is 1. The summed E-state index contributed by atoms with van der Waals surface area (Å²) in [6.45, 7) is 3.68. The predicted octanol–water partition coefficient (Wildman–Crippen LogP) is 2.93. The molecule has 0 radical (unpaired) electrons. The van der Waals surface area contributed by atoms with Gasteiger partial charge in [-0.1, -0.05) is 12.8 Å². The molecule has 0 aromatic heterocycles. The summed E-state index contributed by atoms with van der Waals surface area (Å²) < 4.78 is 11.8. The van der Waals surface area contributed by atoms with Gasteiger partial charge in [-0.25, -0.2) is 0 Å². The Morgan fingerprint density at radius 2 is 2.04 bits per heavy atom. The minimum atomic E-state index is 0. The fourth-order valence-corrected chi connectivity index (χ4v) is 5.16. The van der Waals surface area contributed by atoms with E-state index in [1.54, 1.807) is 0 Å². The second kappa shape index (κ2) is 8.74. The van der Waals surface area contributed by atoms with E-state index < -0.39 is 0 Å². The van der Waals surface area contributed by atoms with Gasteiger partial charge in [-0.15, -0.1) is 24.0 Å². The monoisotopic (exact) mass is 463 g/mol. The van der Waals surface area contributed by atoms with Crippen LogP contribution in [0.25, 0.3) is 0 Å². The van der Waals surface area contributed by atoms with Crippen LogP contribution in [0.2, 0.25) is 0 Å². The van der Waals surface area contributed by atoms with Gasteiger partial charge in [-0.05, 0) is 44.4 Å². The first-order chi connectivity index (χ1) is 11.8. The van der Waals surface area contributed by atoms with E-state index in [4.69, 9.17) is 9.47 Å². The van der Waals surface area contributed by atoms with Gasteiger partial charge in [0, 0.05) is 50.8 Å². The van der Waals surface area contributed by atoms with E-state index >= 15 is 0 Å². The Bertz CT molecular complexity index is 464. The Morgan fingerprint density at radius 1 is 1.24 bits per heavy atom. The van der Waals surface area contributed by atoms with E-state index in [1.165, 1.54) is 44.9 Å². The van der Waals surface area contributed by atoms with E-state index in [1.807, 2.05) is 7.05 Å². The van der Waals surface area contributed by atoms with Gasteiger partial charge in [0.15, 0.2) is 5.96 Å². The van der Waals surface area contributed by atoms with Crippen LogP contribution in [-0.2, 0) is 9.47 Å². The standard InChI is InChI=1S/C19H33N3O2.HI/c1-20-18(21-10-4-11-23-13-14-5-6-14)22-16-15-7-12-24-17(15)19(16)8-2-3-9-19;/h14-17H,2-13H2,1H3,(H2,20,21,22);1H. The fourth-order valence-electron chi connectivity index (χ4n) is 5.16. The Morgan fingerprint density at radius 3 is 2.76 bits per heavy atom. The van der Waals surface area contributed by atoms with Crippen molar-refractivity contribution in [2.24, 2.45) is 22.2 Å². The van der Waals surface area contributed by atoms with Crippen LogP contribution in [0.15, 0.2) is 4.99 Å². The molecule has 25 heavy (non-hydrogen) atoms. The summed E-state index contributed by atoms with van der Waals surface area (Å²) in [7, 11) is 1.88. The highest BCUT2D eigenvalue weighted by atomic mass is 127. The number of ether oxygens (including phenoxy) is 2. The van der Waals surface area contributed by atoms with E-state index in [-0.39, 0.29) is 24.0 Å². The van der Waals surface area contributed by atoms with Crippen LogP contribution >= 0.6 is 24.0 Å². The highest BCUT2D eigenvalue weighted by Gasteiger charge is 2.65. The maximum atomic E-state index is 6.07. The lowest BCUT2D eigenvalue weighted by molar-refractivity contribution is -0.125. The number of fused-ring (bicyclic) bond motifs is 2. The van der Waals surface area contributed by atoms with Crippen LogP contribution in [0.3, 0.4) is 0 Å². The van der Waals surface area contributed by atoms with Gasteiger partial charge in [0.2, 0.25) is 0 Å². The molecule has 5 nitrogen and oxygen atoms in total. The van der Waals surface area contributed by atoms with Crippen LogP contribution < -0.4 is 10.6 Å². The average Bonchev–Trinajstić information content (AvgIpc) is 3.10. The molecular formula is C19H34IN3O2. The van der Waals surface area contributed by atoms with Crippen molar-refractivity contribution in [2.75, 3.05) is 33.4 Å². The van der Waals surface area contributed by atoms with Crippen molar-refractivity contribution in [2.45, 2.75) is 63.5 Å². The molecule has 3 aliphatic carbocycles. The first kappa shape index (κ1) is 19.7. The normalized spacial score (nSPS) is 32.8. The Kier molecular flexibility index (Phi) is 6.88. The molecule has 144 valence electrons. The van der Waals surface area contributed by atoms with Crippen molar-refractivity contribution >= 4 is 29.9 Å². The lowest BCUT2D eigenvalue weighted by Gasteiger charge is -2.57. The first-order valence-corrected chi connectivity index (χ1v) is 10.00. The number of hydrogen-bond acceptors (Lipinski definition) is 3. The minimum Gasteiger partial charge on any atom is -0.381 e. The van der Waals surface area contributed by atoms with E-state index in [0.717, 1.165) is 44.7 Å². The van der Waals surface area contributed by atoms with E-state index in [0.29, 0.717) is 23.5 Å². The maximum Gasteiger partial charge on any atom is 0.191 e. The molecule has 4 rings (SSSR count). The zero-order valence-electron chi connectivity index (χ0n) is 15.5. The van der Waals surface area contributed by atoms with Crippen molar-refractivity contribution < 1.29 is 9.47 Å². The van der Waals surface area contributed by atoms with Gasteiger partial charge in [0.05, 0.1) is 6.10 Å². The quantitative estimate of drug-likeness (QED) is 0.264. The van der Waals surface area contributed by atoms with Crippen LogP contribution in [0.1, 0.15) is 51.4 Å². The van der Waals surface area contributed by atoms with Gasteiger partial charge < -0.3 is 20.1 Å². The summed E-state index contributed by atoms with van der Waals surface area (Å²) in [5.41, 5.74) is 0.381. The molecule has 3 unspecified atom stereocenters. The largest absolute Gasteiger partial charge is 0.381 e. The fraction of sp³-hybridized carbons (Fsp3) is 0.947. The molecule has 1 aliphatic heterocycles. The van der Waals surface area contributed by atoms with Crippen LogP contribution in [0, 0.1) is 17.3 Å². The molecular weight excluding hydrogens is 429 g/mol. The third-order valence-electron chi connectivity index (χ3n) is 6.61. The summed E-state index contributed by atoms with van der Waals surface area (Å²) in [6, 6.07) is 0.546. The third kappa shape index (κ3) is 4.10. The highest BCUT2D eigenvalue weighted by Crippen LogP contribution is 2.60. The maximum absolute atomic E-state index is 6.07. The molecule has 0 aromatic carbocycles. The Hall–Kier alpha value is -0.0800. The average molecular weight is 463 g/mol. The zero-order valence-corrected chi connectivity index (χ0v) is 17.8. The number of halogens is 1. The topological polar surface area (TPSA) is 54.9 Å². The summed E-state index contributed by atoms with van der Waals surface area (Å²) in [6.07, 6.45) is 10.8. The summed E-state index contributed by atoms with van der Waals surface area (Å²) in [4.78, 5) is 4.45. The number of nitrogens with zero attached hydrogens (tertiary/aromatic N) is 1. The number of hydrogen-bond donors (Lipinski definition) is 2. The van der Waals surface area contributed by atoms with Gasteiger partial charge in [-0.3, -0.25) is 4.99 Å². The molecule has 1 spiro atoms. The second-order valence-electron chi connectivity index (χ2n) is 8.18. The molecule has 0 amide bonds. The van der Waals surface area contributed by atoms with Crippen molar-refractivity contribution in [3.8, 4) is 0 Å². The third-order valence-corrected chi connectivity index (χ3v) is 6.61. The highest BCUT2D eigenvalue weighted by molar-refractivity contribution is 14.0. The molecule has 6 heteroatoms. The lowest BCUT2D eigenvalue weighted by Crippen LogP contribution is -2.69. The Labute approximate surface area is 169 Å². The van der Waals surface area contributed by atoms with E-state index in [9.17, 15) is 0 Å². The SMILES string of the molecule is CN=C(NCCCOCC1CC1)NC1C2CCOC2C12CCCC2.I. The molecule has 2 N–H and O–H groups in total. The predicted molar refractivity (Wildman–Crippen MR) is 111 cm³/mol. The summed E-state index contributed by atoms with van der Waals surface area (Å²) in [5.74, 6) is 2.50. The molecule has 1 saturated heterocycles. The zero-order chi connectivity index (χ0) is 16.4. The number of rotatable bonds is 7. The summed E-state index contributed by atoms with van der Waals surface area (Å²) in [5, 5.41) is 7.22. The molecule has 0 aromatic rings. The minimum absolute atomic E-state index is 0. The Balaban J connectivity index is 0.00000182. The number of nitrogens with one attached hydrogen (secondary N) is 2. The smallest absolute Gasteiger partial charge is 0.191 e. The molecule has 1 heterocycles. The molecule has 4 aliphatic rings. The first-order valence-electron chi connectivity index (χ1n) is 10.00. The van der Waals surface area contributed by atoms with Gasteiger partial charge in [0.25, 0.3) is 0 Å². The van der Waals surface area contributed by atoms with Gasteiger partial charge in [-0.2, -0.15) is 0 Å². The van der Waals surface area contributed by atoms with Crippen molar-refractivity contribution in [1.82, 2.24) is 10.6 Å².